The van der Waals surface area contributed by atoms with Gasteiger partial charge in [0.1, 0.15) is 5.75 Å². The van der Waals surface area contributed by atoms with Gasteiger partial charge in [-0.15, -0.1) is 0 Å². The van der Waals surface area contributed by atoms with Gasteiger partial charge < -0.3 is 10.1 Å². The highest BCUT2D eigenvalue weighted by Crippen LogP contribution is 2.24. The highest BCUT2D eigenvalue weighted by molar-refractivity contribution is 7.92. The zero-order chi connectivity index (χ0) is 20.1. The Kier molecular flexibility index (Phi) is 5.65. The molecule has 2 N–H and O–H groups in total. The molecule has 3 aromatic carbocycles. The third kappa shape index (κ3) is 4.50. The van der Waals surface area contributed by atoms with Crippen molar-refractivity contribution in [3.63, 3.8) is 0 Å². The Hall–Kier alpha value is -3.32. The number of methoxy groups -OCH3 is 1. The van der Waals surface area contributed by atoms with Gasteiger partial charge in [0.2, 0.25) is 0 Å². The summed E-state index contributed by atoms with van der Waals surface area (Å²) in [6, 6.07) is 19.9. The molecule has 0 aromatic heterocycles. The molecule has 0 heterocycles. The second-order valence-electron chi connectivity index (χ2n) is 6.15. The molecule has 1 amide bonds. The standard InChI is InChI=1S/C21H20N2O4S/c1-15-7-13-18(14-8-15)28(25,26)23-17-11-9-16(10-12-17)21(24)22-19-5-3-4-6-20(19)27-2/h3-14,23H,1-2H3,(H,22,24). The molecule has 6 nitrogen and oxygen atoms in total. The van der Waals surface area contributed by atoms with E-state index in [4.69, 9.17) is 4.74 Å². The summed E-state index contributed by atoms with van der Waals surface area (Å²) in [5.41, 5.74) is 2.29. The van der Waals surface area contributed by atoms with Crippen LogP contribution in [0.25, 0.3) is 0 Å². The summed E-state index contributed by atoms with van der Waals surface area (Å²) in [6.07, 6.45) is 0. The van der Waals surface area contributed by atoms with E-state index in [2.05, 4.69) is 10.0 Å². The van der Waals surface area contributed by atoms with Crippen LogP contribution in [0.4, 0.5) is 11.4 Å². The maximum atomic E-state index is 12.4. The number of carbonyl (C=O) groups excluding carboxylic acids is 1. The molecule has 144 valence electrons. The molecule has 28 heavy (non-hydrogen) atoms. The van der Waals surface area contributed by atoms with Crippen LogP contribution in [-0.4, -0.2) is 21.4 Å². The van der Waals surface area contributed by atoms with E-state index in [1.54, 1.807) is 66.7 Å². The normalized spacial score (nSPS) is 10.9. The van der Waals surface area contributed by atoms with Gasteiger partial charge in [0.05, 0.1) is 17.7 Å². The fourth-order valence-electron chi connectivity index (χ4n) is 2.56. The molecule has 3 aromatic rings. The summed E-state index contributed by atoms with van der Waals surface area (Å²) < 4.78 is 32.6. The first-order chi connectivity index (χ1) is 13.4. The van der Waals surface area contributed by atoms with Crippen molar-refractivity contribution in [1.29, 1.82) is 0 Å². The maximum Gasteiger partial charge on any atom is 0.261 e. The van der Waals surface area contributed by atoms with Crippen LogP contribution in [0, 0.1) is 6.92 Å². The minimum atomic E-state index is -3.69. The summed E-state index contributed by atoms with van der Waals surface area (Å²) in [5.74, 6) is 0.232. The SMILES string of the molecule is COc1ccccc1NC(=O)c1ccc(NS(=O)(=O)c2ccc(C)cc2)cc1. The van der Waals surface area contributed by atoms with Gasteiger partial charge in [-0.25, -0.2) is 8.42 Å². The zero-order valence-corrected chi connectivity index (χ0v) is 16.3. The molecule has 0 aliphatic carbocycles. The molecule has 7 heteroatoms. The number of carbonyl (C=O) groups is 1. The van der Waals surface area contributed by atoms with Gasteiger partial charge in [0, 0.05) is 11.3 Å². The fraction of sp³-hybridized carbons (Fsp3) is 0.0952. The number of aryl methyl sites for hydroxylation is 1. The lowest BCUT2D eigenvalue weighted by molar-refractivity contribution is 0.102. The lowest BCUT2D eigenvalue weighted by Crippen LogP contribution is -2.14. The van der Waals surface area contributed by atoms with E-state index in [-0.39, 0.29) is 10.8 Å². The predicted octanol–water partition coefficient (Wildman–Crippen LogP) is 4.06. The second kappa shape index (κ2) is 8.14. The van der Waals surface area contributed by atoms with Crippen LogP contribution < -0.4 is 14.8 Å². The van der Waals surface area contributed by atoms with Gasteiger partial charge >= 0.3 is 0 Å². The first kappa shape index (κ1) is 19.4. The summed E-state index contributed by atoms with van der Waals surface area (Å²) >= 11 is 0. The molecular formula is C21H20N2O4S. The van der Waals surface area contributed by atoms with Crippen molar-refractivity contribution < 1.29 is 17.9 Å². The van der Waals surface area contributed by atoms with Crippen LogP contribution in [0.3, 0.4) is 0 Å². The fourth-order valence-corrected chi connectivity index (χ4v) is 3.62. The smallest absolute Gasteiger partial charge is 0.261 e. The van der Waals surface area contributed by atoms with Crippen molar-refractivity contribution in [3.05, 3.63) is 83.9 Å². The molecule has 0 atom stereocenters. The Balaban J connectivity index is 1.72. The first-order valence-corrected chi connectivity index (χ1v) is 10.0. The zero-order valence-electron chi connectivity index (χ0n) is 15.5. The van der Waals surface area contributed by atoms with Gasteiger partial charge in [0.15, 0.2) is 0 Å². The molecule has 0 spiro atoms. The van der Waals surface area contributed by atoms with E-state index in [9.17, 15) is 13.2 Å². The maximum absolute atomic E-state index is 12.4. The molecule has 0 radical (unpaired) electrons. The van der Waals surface area contributed by atoms with E-state index in [0.29, 0.717) is 22.7 Å². The summed E-state index contributed by atoms with van der Waals surface area (Å²) in [7, 11) is -2.16. The molecule has 0 aliphatic rings. The van der Waals surface area contributed by atoms with Crippen molar-refractivity contribution in [2.75, 3.05) is 17.1 Å². The highest BCUT2D eigenvalue weighted by atomic mass is 32.2. The predicted molar refractivity (Wildman–Crippen MR) is 109 cm³/mol. The molecule has 0 bridgehead atoms. The monoisotopic (exact) mass is 396 g/mol. The van der Waals surface area contributed by atoms with Crippen molar-refractivity contribution >= 4 is 27.3 Å². The van der Waals surface area contributed by atoms with Gasteiger partial charge in [-0.2, -0.15) is 0 Å². The van der Waals surface area contributed by atoms with E-state index >= 15 is 0 Å². The number of benzene rings is 3. The van der Waals surface area contributed by atoms with Crippen LogP contribution in [0.5, 0.6) is 5.75 Å². The van der Waals surface area contributed by atoms with Gasteiger partial charge in [-0.3, -0.25) is 9.52 Å². The van der Waals surface area contributed by atoms with E-state index in [0.717, 1.165) is 5.56 Å². The number of hydrogen-bond donors (Lipinski definition) is 2. The molecule has 0 aliphatic heterocycles. The Morgan fingerprint density at radius 2 is 1.54 bits per heavy atom. The Bertz CT molecular complexity index is 1080. The van der Waals surface area contributed by atoms with Crippen molar-refractivity contribution in [1.82, 2.24) is 0 Å². The van der Waals surface area contributed by atoms with Crippen LogP contribution in [0.2, 0.25) is 0 Å². The third-order valence-electron chi connectivity index (χ3n) is 4.09. The minimum absolute atomic E-state index is 0.177. The van der Waals surface area contributed by atoms with Crippen molar-refractivity contribution in [3.8, 4) is 5.75 Å². The average Bonchev–Trinajstić information content (AvgIpc) is 2.69. The first-order valence-electron chi connectivity index (χ1n) is 8.53. The van der Waals surface area contributed by atoms with E-state index in [1.807, 2.05) is 13.0 Å². The van der Waals surface area contributed by atoms with Crippen molar-refractivity contribution in [2.45, 2.75) is 11.8 Å². The Labute approximate surface area is 164 Å². The molecule has 0 saturated carbocycles. The largest absolute Gasteiger partial charge is 0.495 e. The van der Waals surface area contributed by atoms with Crippen LogP contribution in [0.15, 0.2) is 77.7 Å². The highest BCUT2D eigenvalue weighted by Gasteiger charge is 2.14. The minimum Gasteiger partial charge on any atom is -0.495 e. The number of sulfonamides is 1. The summed E-state index contributed by atoms with van der Waals surface area (Å²) in [6.45, 7) is 1.89. The van der Waals surface area contributed by atoms with Gasteiger partial charge in [-0.1, -0.05) is 29.8 Å². The number of hydrogen-bond acceptors (Lipinski definition) is 4. The number of rotatable bonds is 6. The number of amides is 1. The third-order valence-corrected chi connectivity index (χ3v) is 5.48. The van der Waals surface area contributed by atoms with Crippen LogP contribution in [-0.2, 0) is 10.0 Å². The second-order valence-corrected chi connectivity index (χ2v) is 7.83. The number of ether oxygens (including phenoxy) is 1. The number of anilines is 2. The van der Waals surface area contributed by atoms with Gasteiger partial charge in [-0.05, 0) is 55.5 Å². The topological polar surface area (TPSA) is 84.5 Å². The molecule has 0 fully saturated rings. The molecular weight excluding hydrogens is 376 g/mol. The van der Waals surface area contributed by atoms with Crippen LogP contribution in [0.1, 0.15) is 15.9 Å². The van der Waals surface area contributed by atoms with E-state index in [1.165, 1.54) is 7.11 Å². The Morgan fingerprint density at radius 1 is 0.893 bits per heavy atom. The summed E-state index contributed by atoms with van der Waals surface area (Å²) in [4.78, 5) is 12.6. The molecule has 0 unspecified atom stereocenters. The number of nitrogens with one attached hydrogen (secondary N) is 2. The average molecular weight is 396 g/mol. The van der Waals surface area contributed by atoms with Crippen LogP contribution >= 0.6 is 0 Å². The molecule has 0 saturated heterocycles. The Morgan fingerprint density at radius 3 is 2.18 bits per heavy atom. The number of para-hydroxylation sites is 2. The quantitative estimate of drug-likeness (QED) is 0.658. The van der Waals surface area contributed by atoms with E-state index < -0.39 is 10.0 Å². The van der Waals surface area contributed by atoms with Gasteiger partial charge in [0.25, 0.3) is 15.9 Å². The molecule has 3 rings (SSSR count). The summed E-state index contributed by atoms with van der Waals surface area (Å²) in [5, 5.41) is 2.77. The lowest BCUT2D eigenvalue weighted by atomic mass is 10.2. The lowest BCUT2D eigenvalue weighted by Gasteiger charge is -2.11. The van der Waals surface area contributed by atoms with Crippen molar-refractivity contribution in [2.24, 2.45) is 0 Å².